The van der Waals surface area contributed by atoms with Crippen LogP contribution in [-0.2, 0) is 19.6 Å². The van der Waals surface area contributed by atoms with E-state index in [0.29, 0.717) is 44.0 Å². The van der Waals surface area contributed by atoms with Crippen molar-refractivity contribution in [2.24, 2.45) is 0 Å². The first-order valence-electron chi connectivity index (χ1n) is 7.42. The zero-order chi connectivity index (χ0) is 17.0. The summed E-state index contributed by atoms with van der Waals surface area (Å²) in [7, 11) is -3.48. The average Bonchev–Trinajstić information content (AvgIpc) is 2.53. The van der Waals surface area contributed by atoms with Crippen molar-refractivity contribution in [1.82, 2.24) is 9.62 Å². The van der Waals surface area contributed by atoms with Gasteiger partial charge in [-0.3, -0.25) is 0 Å². The number of hydrogen-bond donors (Lipinski definition) is 2. The largest absolute Gasteiger partial charge is 0.479 e. The Balaban J connectivity index is 2.15. The van der Waals surface area contributed by atoms with Crippen LogP contribution in [0.15, 0.2) is 36.1 Å². The molecule has 1 unspecified atom stereocenters. The van der Waals surface area contributed by atoms with Crippen molar-refractivity contribution in [2.45, 2.75) is 24.6 Å². The zero-order valence-electron chi connectivity index (χ0n) is 13.1. The highest BCUT2D eigenvalue weighted by Crippen LogP contribution is 2.21. The molecule has 23 heavy (non-hydrogen) atoms. The molecule has 1 heterocycles. The molecule has 2 aliphatic rings. The lowest BCUT2D eigenvalue weighted by Crippen LogP contribution is -2.45. The molecule has 0 spiro atoms. The number of allylic oxidation sites excluding steroid dienone is 2. The second-order valence-electron chi connectivity index (χ2n) is 5.62. The molecule has 1 saturated heterocycles. The van der Waals surface area contributed by atoms with Gasteiger partial charge in [0.15, 0.2) is 0 Å². The summed E-state index contributed by atoms with van der Waals surface area (Å²) in [4.78, 5) is 11.2. The summed E-state index contributed by atoms with van der Waals surface area (Å²) in [6, 6.07) is -0.948. The highest BCUT2D eigenvalue weighted by Gasteiger charge is 2.32. The summed E-state index contributed by atoms with van der Waals surface area (Å²) in [5.41, 5.74) is 0.929. The minimum absolute atomic E-state index is 0.350. The highest BCUT2D eigenvalue weighted by atomic mass is 32.2. The van der Waals surface area contributed by atoms with E-state index in [9.17, 15) is 18.3 Å². The topological polar surface area (TPSA) is 95.9 Å². The molecule has 1 fully saturated rings. The number of carboxylic acids is 1. The Labute approximate surface area is 136 Å². The van der Waals surface area contributed by atoms with Gasteiger partial charge in [0.25, 0.3) is 0 Å². The second kappa shape index (κ2) is 7.29. The van der Waals surface area contributed by atoms with Crippen LogP contribution in [0.25, 0.3) is 0 Å². The molecule has 1 aliphatic carbocycles. The van der Waals surface area contributed by atoms with Crippen molar-refractivity contribution < 1.29 is 23.1 Å². The highest BCUT2D eigenvalue weighted by molar-refractivity contribution is 7.89. The van der Waals surface area contributed by atoms with E-state index >= 15 is 0 Å². The first-order valence-corrected chi connectivity index (χ1v) is 8.92. The molecular weight excluding hydrogens is 320 g/mol. The lowest BCUT2D eigenvalue weighted by atomic mass is 10.1. The van der Waals surface area contributed by atoms with Gasteiger partial charge in [0.2, 0.25) is 10.0 Å². The molecule has 0 radical (unpaired) electrons. The van der Waals surface area contributed by atoms with Gasteiger partial charge >= 0.3 is 5.97 Å². The molecule has 0 saturated carbocycles. The maximum atomic E-state index is 12.7. The monoisotopic (exact) mass is 342 g/mol. The predicted octanol–water partition coefficient (Wildman–Crippen LogP) is 0.480. The van der Waals surface area contributed by atoms with Crippen LogP contribution >= 0.6 is 0 Å². The van der Waals surface area contributed by atoms with Crippen LogP contribution in [0.5, 0.6) is 0 Å². The van der Waals surface area contributed by atoms with E-state index < -0.39 is 27.3 Å². The fourth-order valence-electron chi connectivity index (χ4n) is 2.51. The van der Waals surface area contributed by atoms with Gasteiger partial charge in [-0.1, -0.05) is 12.7 Å². The smallest absolute Gasteiger partial charge is 0.330 e. The number of morpholine rings is 1. The average molecular weight is 342 g/mol. The lowest BCUT2D eigenvalue weighted by molar-refractivity contribution is -0.138. The van der Waals surface area contributed by atoms with Crippen LogP contribution in [-0.4, -0.2) is 61.4 Å². The Bertz CT molecular complexity index is 618. The first-order chi connectivity index (χ1) is 10.8. The van der Waals surface area contributed by atoms with Crippen molar-refractivity contribution in [2.75, 3.05) is 26.3 Å². The number of carbonyl (C=O) groups is 1. The Morgan fingerprint density at radius 3 is 2.70 bits per heavy atom. The molecule has 7 nitrogen and oxygen atoms in total. The fourth-order valence-corrected chi connectivity index (χ4v) is 4.23. The maximum absolute atomic E-state index is 12.7. The Morgan fingerprint density at radius 1 is 1.48 bits per heavy atom. The summed E-state index contributed by atoms with van der Waals surface area (Å²) in [5.74, 6) is -1.05. The first kappa shape index (κ1) is 17.7. The van der Waals surface area contributed by atoms with E-state index in [4.69, 9.17) is 4.74 Å². The van der Waals surface area contributed by atoms with Gasteiger partial charge in [-0.2, -0.15) is 4.31 Å². The number of aliphatic carboxylic acids is 1. The normalized spacial score (nSPS) is 23.9. The van der Waals surface area contributed by atoms with Gasteiger partial charge in [-0.15, -0.1) is 0 Å². The van der Waals surface area contributed by atoms with E-state index in [1.54, 1.807) is 25.2 Å². The minimum Gasteiger partial charge on any atom is -0.479 e. The number of rotatable bonds is 6. The molecule has 128 valence electrons. The number of hydrogen-bond acceptors (Lipinski definition) is 5. The minimum atomic E-state index is -3.48. The van der Waals surface area contributed by atoms with Crippen molar-refractivity contribution in [3.05, 3.63) is 36.1 Å². The van der Waals surface area contributed by atoms with Crippen molar-refractivity contribution in [1.29, 1.82) is 0 Å². The van der Waals surface area contributed by atoms with Gasteiger partial charge in [-0.25, -0.2) is 13.2 Å². The van der Waals surface area contributed by atoms with Crippen LogP contribution in [0.2, 0.25) is 0 Å². The van der Waals surface area contributed by atoms with Gasteiger partial charge in [-0.05, 0) is 31.1 Å². The third kappa shape index (κ3) is 4.21. The van der Waals surface area contributed by atoms with Gasteiger partial charge < -0.3 is 15.2 Å². The van der Waals surface area contributed by atoms with Crippen LogP contribution in [0, 0.1) is 0 Å². The number of carboxylic acid groups (broad SMARTS) is 1. The zero-order valence-corrected chi connectivity index (χ0v) is 13.9. The number of nitrogens with one attached hydrogen (secondary N) is 1. The van der Waals surface area contributed by atoms with Crippen molar-refractivity contribution in [3.8, 4) is 0 Å². The van der Waals surface area contributed by atoms with Gasteiger partial charge in [0, 0.05) is 18.8 Å². The molecule has 0 bridgehead atoms. The Morgan fingerprint density at radius 2 is 2.13 bits per heavy atom. The third-order valence-corrected chi connectivity index (χ3v) is 5.97. The van der Waals surface area contributed by atoms with Gasteiger partial charge in [0.1, 0.15) is 6.04 Å². The summed E-state index contributed by atoms with van der Waals surface area (Å²) >= 11 is 0. The Kier molecular flexibility index (Phi) is 5.61. The van der Waals surface area contributed by atoms with Crippen molar-refractivity contribution >= 4 is 16.0 Å². The fraction of sp³-hybridized carbons (Fsp3) is 0.533. The molecular formula is C15H22N2O5S. The SMILES string of the molecule is C=C(C)[C@H](NC1=CC(S(=O)(=O)N2CCOCC2)CC=C1)C(=O)O. The molecule has 0 aromatic heterocycles. The standard InChI is InChI=1S/C15H22N2O5S/c1-11(2)14(15(18)19)16-12-4-3-5-13(10-12)23(20,21)17-6-8-22-9-7-17/h3-4,10,13-14,16H,1,5-9H2,2H3,(H,18,19)/t13?,14-/m0/s1. The maximum Gasteiger partial charge on any atom is 0.330 e. The number of ether oxygens (including phenoxy) is 1. The molecule has 2 atom stereocenters. The van der Waals surface area contributed by atoms with Gasteiger partial charge in [0.05, 0.1) is 18.5 Å². The molecule has 2 rings (SSSR count). The Hall–Kier alpha value is -1.64. The quantitative estimate of drug-likeness (QED) is 0.682. The lowest BCUT2D eigenvalue weighted by Gasteiger charge is -2.30. The molecule has 0 amide bonds. The second-order valence-corrected chi connectivity index (χ2v) is 7.77. The van der Waals surface area contributed by atoms with E-state index in [2.05, 4.69) is 11.9 Å². The predicted molar refractivity (Wildman–Crippen MR) is 86.3 cm³/mol. The number of nitrogens with zero attached hydrogens (tertiary/aromatic N) is 1. The molecule has 0 aromatic carbocycles. The van der Waals surface area contributed by atoms with Crippen molar-refractivity contribution in [3.63, 3.8) is 0 Å². The molecule has 2 N–H and O–H groups in total. The van der Waals surface area contributed by atoms with E-state index in [1.807, 2.05) is 0 Å². The van der Waals surface area contributed by atoms with E-state index in [0.717, 1.165) is 0 Å². The van der Waals surface area contributed by atoms with Crippen LogP contribution < -0.4 is 5.32 Å². The molecule has 0 aromatic rings. The third-order valence-electron chi connectivity index (χ3n) is 3.79. The van der Waals surface area contributed by atoms with Crippen LogP contribution in [0.3, 0.4) is 0 Å². The summed E-state index contributed by atoms with van der Waals surface area (Å²) in [5, 5.41) is 11.3. The van der Waals surface area contributed by atoms with E-state index in [1.165, 1.54) is 4.31 Å². The van der Waals surface area contributed by atoms with Crippen LogP contribution in [0.4, 0.5) is 0 Å². The summed E-state index contributed by atoms with van der Waals surface area (Å²) in [6.07, 6.45) is 5.38. The summed E-state index contributed by atoms with van der Waals surface area (Å²) < 4.78 is 32.0. The van der Waals surface area contributed by atoms with Crippen LogP contribution in [0.1, 0.15) is 13.3 Å². The summed E-state index contributed by atoms with van der Waals surface area (Å²) in [6.45, 7) is 6.75. The van der Waals surface area contributed by atoms with E-state index in [-0.39, 0.29) is 0 Å². The molecule has 1 aliphatic heterocycles. The molecule has 8 heteroatoms. The number of sulfonamides is 1.